The van der Waals surface area contributed by atoms with E-state index >= 15 is 0 Å². The predicted octanol–water partition coefficient (Wildman–Crippen LogP) is 2.34. The number of hydrogen-bond acceptors (Lipinski definition) is 5. The summed E-state index contributed by atoms with van der Waals surface area (Å²) in [5, 5.41) is 8.60. The molecule has 27 heavy (non-hydrogen) atoms. The number of carboxylic acid groups (broad SMARTS) is 1. The van der Waals surface area contributed by atoms with Crippen LogP contribution in [0.4, 0.5) is 0 Å². The molecule has 0 aliphatic rings. The van der Waals surface area contributed by atoms with Gasteiger partial charge < -0.3 is 9.84 Å². The summed E-state index contributed by atoms with van der Waals surface area (Å²) in [4.78, 5) is 22.8. The Labute approximate surface area is 157 Å². The van der Waals surface area contributed by atoms with Gasteiger partial charge in [0.1, 0.15) is 12.3 Å². The molecule has 0 atom stereocenters. The number of carbonyl (C=O) groups is 2. The third-order valence-electron chi connectivity index (χ3n) is 3.48. The Hall–Kier alpha value is -2.97. The molecule has 2 aromatic carbocycles. The van der Waals surface area contributed by atoms with Crippen molar-refractivity contribution in [3.05, 3.63) is 65.7 Å². The zero-order valence-corrected chi connectivity index (χ0v) is 15.4. The van der Waals surface area contributed by atoms with E-state index < -0.39 is 28.3 Å². The van der Waals surface area contributed by atoms with Crippen molar-refractivity contribution in [2.75, 3.05) is 13.2 Å². The van der Waals surface area contributed by atoms with Gasteiger partial charge in [-0.1, -0.05) is 30.3 Å². The van der Waals surface area contributed by atoms with Gasteiger partial charge in [0, 0.05) is 11.1 Å². The van der Waals surface area contributed by atoms with E-state index in [1.165, 1.54) is 30.3 Å². The Balaban J connectivity index is 2.22. The van der Waals surface area contributed by atoms with Crippen molar-refractivity contribution < 1.29 is 27.9 Å². The van der Waals surface area contributed by atoms with Crippen molar-refractivity contribution >= 4 is 27.9 Å². The molecule has 0 radical (unpaired) electrons. The fourth-order valence-corrected chi connectivity index (χ4v) is 3.24. The molecule has 0 aromatic heterocycles. The normalized spacial score (nSPS) is 11.4. The van der Waals surface area contributed by atoms with Gasteiger partial charge >= 0.3 is 5.97 Å². The largest absolute Gasteiger partial charge is 0.493 e. The van der Waals surface area contributed by atoms with Crippen LogP contribution >= 0.6 is 0 Å². The van der Waals surface area contributed by atoms with Gasteiger partial charge in [-0.3, -0.25) is 9.59 Å². The summed E-state index contributed by atoms with van der Waals surface area (Å²) < 4.78 is 31.6. The first kappa shape index (κ1) is 20.3. The lowest BCUT2D eigenvalue weighted by Gasteiger charge is -2.07. The van der Waals surface area contributed by atoms with Crippen molar-refractivity contribution in [2.24, 2.45) is 0 Å². The minimum atomic E-state index is -4.02. The number of aliphatic carboxylic acids is 1. The van der Waals surface area contributed by atoms with Crippen LogP contribution in [-0.4, -0.2) is 38.4 Å². The molecule has 0 bridgehead atoms. The summed E-state index contributed by atoms with van der Waals surface area (Å²) in [5.74, 6) is -1.06. The molecular formula is C19H19NO6S. The van der Waals surface area contributed by atoms with Crippen molar-refractivity contribution in [3.63, 3.8) is 0 Å². The highest BCUT2D eigenvalue weighted by molar-refractivity contribution is 7.89. The number of ether oxygens (including phenoxy) is 1. The molecule has 0 spiro atoms. The SMILES string of the molecule is CCOc1ccccc1/C=C/C(=O)c1cccc(S(=O)(=O)NCC(=O)O)c1. The Kier molecular flexibility index (Phi) is 6.86. The maximum absolute atomic E-state index is 12.4. The van der Waals surface area contributed by atoms with Crippen LogP contribution in [0.3, 0.4) is 0 Å². The lowest BCUT2D eigenvalue weighted by molar-refractivity contribution is -0.135. The Morgan fingerprint density at radius 1 is 1.15 bits per heavy atom. The topological polar surface area (TPSA) is 110 Å². The predicted molar refractivity (Wildman–Crippen MR) is 100 cm³/mol. The Morgan fingerprint density at radius 3 is 2.59 bits per heavy atom. The summed E-state index contributed by atoms with van der Waals surface area (Å²) in [6, 6.07) is 12.6. The Bertz CT molecular complexity index is 966. The molecule has 0 saturated heterocycles. The first-order chi connectivity index (χ1) is 12.8. The quantitative estimate of drug-likeness (QED) is 0.503. The van der Waals surface area contributed by atoms with Crippen LogP contribution in [0.2, 0.25) is 0 Å². The number of para-hydroxylation sites is 1. The molecule has 0 unspecified atom stereocenters. The minimum Gasteiger partial charge on any atom is -0.493 e. The molecule has 0 saturated carbocycles. The molecule has 0 heterocycles. The number of rotatable bonds is 9. The lowest BCUT2D eigenvalue weighted by atomic mass is 10.1. The summed E-state index contributed by atoms with van der Waals surface area (Å²) in [7, 11) is -4.02. The summed E-state index contributed by atoms with van der Waals surface area (Å²) in [6.45, 7) is 1.60. The second-order valence-electron chi connectivity index (χ2n) is 5.41. The summed E-state index contributed by atoms with van der Waals surface area (Å²) in [5.41, 5.74) is 0.887. The number of carbonyl (C=O) groups excluding carboxylic acids is 1. The second kappa shape index (κ2) is 9.11. The number of sulfonamides is 1. The molecule has 2 rings (SSSR count). The van der Waals surface area contributed by atoms with Gasteiger partial charge in [-0.25, -0.2) is 8.42 Å². The molecule has 0 amide bonds. The smallest absolute Gasteiger partial charge is 0.318 e. The van der Waals surface area contributed by atoms with E-state index in [1.54, 1.807) is 18.2 Å². The molecule has 2 N–H and O–H groups in total. The summed E-state index contributed by atoms with van der Waals surface area (Å²) in [6.07, 6.45) is 2.92. The molecule has 142 valence electrons. The third-order valence-corrected chi connectivity index (χ3v) is 4.87. The zero-order valence-electron chi connectivity index (χ0n) is 14.6. The van der Waals surface area contributed by atoms with Gasteiger partial charge in [-0.2, -0.15) is 4.72 Å². The monoisotopic (exact) mass is 389 g/mol. The maximum atomic E-state index is 12.4. The van der Waals surface area contributed by atoms with Crippen molar-refractivity contribution in [2.45, 2.75) is 11.8 Å². The third kappa shape index (κ3) is 5.77. The van der Waals surface area contributed by atoms with Crippen LogP contribution < -0.4 is 9.46 Å². The Morgan fingerprint density at radius 2 is 1.89 bits per heavy atom. The fourth-order valence-electron chi connectivity index (χ4n) is 2.22. The maximum Gasteiger partial charge on any atom is 0.318 e. The van der Waals surface area contributed by atoms with E-state index in [-0.39, 0.29) is 10.5 Å². The minimum absolute atomic E-state index is 0.165. The number of hydrogen-bond donors (Lipinski definition) is 2. The van der Waals surface area contributed by atoms with E-state index in [0.717, 1.165) is 5.56 Å². The van der Waals surface area contributed by atoms with Gasteiger partial charge in [0.15, 0.2) is 5.78 Å². The standard InChI is InChI=1S/C19H19NO6S/c1-2-26-18-9-4-3-6-14(18)10-11-17(21)15-7-5-8-16(12-15)27(24,25)20-13-19(22)23/h3-12,20H,2,13H2,1H3,(H,22,23)/b11-10+. The van der Waals surface area contributed by atoms with Crippen molar-refractivity contribution in [1.29, 1.82) is 0 Å². The van der Waals surface area contributed by atoms with E-state index in [9.17, 15) is 18.0 Å². The van der Waals surface area contributed by atoms with Gasteiger partial charge in [0.25, 0.3) is 0 Å². The van der Waals surface area contributed by atoms with Crippen LogP contribution in [0, 0.1) is 0 Å². The molecular weight excluding hydrogens is 370 g/mol. The van der Waals surface area contributed by atoms with E-state index in [2.05, 4.69) is 0 Å². The highest BCUT2D eigenvalue weighted by Gasteiger charge is 2.16. The highest BCUT2D eigenvalue weighted by atomic mass is 32.2. The number of benzene rings is 2. The van der Waals surface area contributed by atoms with E-state index in [0.29, 0.717) is 12.4 Å². The average Bonchev–Trinajstić information content (AvgIpc) is 2.66. The van der Waals surface area contributed by atoms with Crippen molar-refractivity contribution in [3.8, 4) is 5.75 Å². The van der Waals surface area contributed by atoms with Crippen LogP contribution in [0.15, 0.2) is 59.5 Å². The number of allylic oxidation sites excluding steroid dienone is 1. The molecule has 0 aliphatic heterocycles. The average molecular weight is 389 g/mol. The lowest BCUT2D eigenvalue weighted by Crippen LogP contribution is -2.29. The first-order valence-electron chi connectivity index (χ1n) is 8.09. The zero-order chi connectivity index (χ0) is 19.9. The van der Waals surface area contributed by atoms with Gasteiger partial charge in [-0.05, 0) is 37.3 Å². The fraction of sp³-hybridized carbons (Fsp3) is 0.158. The number of ketones is 1. The second-order valence-corrected chi connectivity index (χ2v) is 7.18. The molecule has 2 aromatic rings. The van der Waals surface area contributed by atoms with Gasteiger partial charge in [0.2, 0.25) is 10.0 Å². The van der Waals surface area contributed by atoms with Crippen LogP contribution in [0.1, 0.15) is 22.8 Å². The highest BCUT2D eigenvalue weighted by Crippen LogP contribution is 2.20. The van der Waals surface area contributed by atoms with E-state index in [4.69, 9.17) is 9.84 Å². The van der Waals surface area contributed by atoms with Crippen molar-refractivity contribution in [1.82, 2.24) is 4.72 Å². The number of carboxylic acids is 1. The molecule has 7 nitrogen and oxygen atoms in total. The number of nitrogens with one attached hydrogen (secondary N) is 1. The molecule has 0 aliphatic carbocycles. The van der Waals surface area contributed by atoms with E-state index in [1.807, 2.05) is 23.8 Å². The van der Waals surface area contributed by atoms with Gasteiger partial charge in [0.05, 0.1) is 11.5 Å². The molecule has 8 heteroatoms. The van der Waals surface area contributed by atoms with Crippen LogP contribution in [0.25, 0.3) is 6.08 Å². The van der Waals surface area contributed by atoms with Crippen LogP contribution in [0.5, 0.6) is 5.75 Å². The van der Waals surface area contributed by atoms with Crippen LogP contribution in [-0.2, 0) is 14.8 Å². The first-order valence-corrected chi connectivity index (χ1v) is 9.57. The summed E-state index contributed by atoms with van der Waals surface area (Å²) >= 11 is 0. The molecule has 0 fully saturated rings. The van der Waals surface area contributed by atoms with Gasteiger partial charge in [-0.15, -0.1) is 0 Å².